The summed E-state index contributed by atoms with van der Waals surface area (Å²) in [6.07, 6.45) is 2.90. The number of hydrogen-bond donors (Lipinski definition) is 3. The van der Waals surface area contributed by atoms with Crippen LogP contribution in [-0.2, 0) is 11.2 Å². The summed E-state index contributed by atoms with van der Waals surface area (Å²) in [6, 6.07) is 15.6. The van der Waals surface area contributed by atoms with Gasteiger partial charge in [0.1, 0.15) is 5.75 Å². The van der Waals surface area contributed by atoms with E-state index in [1.807, 2.05) is 42.6 Å². The number of carbonyl (C=O) groups is 1. The molecule has 5 heteroatoms. The number of nitrogens with one attached hydrogen (secondary N) is 3. The van der Waals surface area contributed by atoms with Crippen LogP contribution in [0.25, 0.3) is 10.9 Å². The highest BCUT2D eigenvalue weighted by Crippen LogP contribution is 2.22. The molecule has 0 unspecified atom stereocenters. The maximum atomic E-state index is 12.0. The number of aromatic amines is 1. The second-order valence-electron chi connectivity index (χ2n) is 5.53. The highest BCUT2D eigenvalue weighted by Gasteiger charge is 2.07. The Balaban J connectivity index is 1.47. The molecule has 0 fully saturated rings. The lowest BCUT2D eigenvalue weighted by molar-refractivity contribution is -0.115. The lowest BCUT2D eigenvalue weighted by atomic mass is 10.1. The number of aromatic nitrogens is 1. The number of hydrogen-bond acceptors (Lipinski definition) is 3. The molecule has 1 heterocycles. The van der Waals surface area contributed by atoms with Crippen LogP contribution in [0.15, 0.2) is 54.7 Å². The molecule has 0 aliphatic carbocycles. The molecule has 0 aliphatic heterocycles. The Hall–Kier alpha value is -2.79. The quantitative estimate of drug-likeness (QED) is 0.586. The van der Waals surface area contributed by atoms with Crippen LogP contribution in [0.3, 0.4) is 0 Å². The van der Waals surface area contributed by atoms with E-state index < -0.39 is 0 Å². The van der Waals surface area contributed by atoms with Gasteiger partial charge in [0, 0.05) is 17.1 Å². The first kappa shape index (κ1) is 16.1. The first-order chi connectivity index (χ1) is 11.8. The normalized spacial score (nSPS) is 10.7. The van der Waals surface area contributed by atoms with Crippen LogP contribution in [0.4, 0.5) is 5.69 Å². The first-order valence-corrected chi connectivity index (χ1v) is 7.96. The molecule has 5 nitrogen and oxygen atoms in total. The van der Waals surface area contributed by atoms with Crippen molar-refractivity contribution < 1.29 is 9.53 Å². The Kier molecular flexibility index (Phi) is 5.13. The number of benzene rings is 2. The molecule has 3 rings (SSSR count). The minimum atomic E-state index is -0.0848. The third-order valence-electron chi connectivity index (χ3n) is 3.91. The second kappa shape index (κ2) is 7.66. The van der Waals surface area contributed by atoms with E-state index in [1.54, 1.807) is 7.11 Å². The number of rotatable bonds is 7. The van der Waals surface area contributed by atoms with E-state index in [2.05, 4.69) is 27.8 Å². The fourth-order valence-corrected chi connectivity index (χ4v) is 2.71. The maximum absolute atomic E-state index is 12.0. The standard InChI is InChI=1S/C19H21N3O2/c1-24-18-9-5-4-8-17(18)22-19(23)13-20-11-10-14-12-21-16-7-3-2-6-15(14)16/h2-9,12,20-21H,10-11,13H2,1H3,(H,22,23). The molecule has 0 spiro atoms. The summed E-state index contributed by atoms with van der Waals surface area (Å²) < 4.78 is 5.22. The van der Waals surface area contributed by atoms with Crippen molar-refractivity contribution in [1.82, 2.24) is 10.3 Å². The van der Waals surface area contributed by atoms with E-state index in [0.717, 1.165) is 18.5 Å². The summed E-state index contributed by atoms with van der Waals surface area (Å²) in [7, 11) is 1.59. The number of carbonyl (C=O) groups excluding carboxylic acids is 1. The van der Waals surface area contributed by atoms with Crippen molar-refractivity contribution in [3.63, 3.8) is 0 Å². The fraction of sp³-hybridized carbons (Fsp3) is 0.211. The Morgan fingerprint density at radius 3 is 2.79 bits per heavy atom. The number of anilines is 1. The smallest absolute Gasteiger partial charge is 0.238 e. The van der Waals surface area contributed by atoms with Crippen LogP contribution in [0.5, 0.6) is 5.75 Å². The van der Waals surface area contributed by atoms with Crippen LogP contribution < -0.4 is 15.4 Å². The van der Waals surface area contributed by atoms with Crippen molar-refractivity contribution in [3.05, 3.63) is 60.3 Å². The Bertz CT molecular complexity index is 826. The predicted molar refractivity (Wildman–Crippen MR) is 96.5 cm³/mol. The Morgan fingerprint density at radius 2 is 1.92 bits per heavy atom. The number of ether oxygens (including phenoxy) is 1. The van der Waals surface area contributed by atoms with Gasteiger partial charge in [-0.25, -0.2) is 0 Å². The van der Waals surface area contributed by atoms with Crippen molar-refractivity contribution in [3.8, 4) is 5.75 Å². The van der Waals surface area contributed by atoms with E-state index in [9.17, 15) is 4.79 Å². The van der Waals surface area contributed by atoms with E-state index in [-0.39, 0.29) is 12.5 Å². The minimum absolute atomic E-state index is 0.0848. The van der Waals surface area contributed by atoms with Crippen LogP contribution in [-0.4, -0.2) is 31.1 Å². The van der Waals surface area contributed by atoms with Crippen LogP contribution >= 0.6 is 0 Å². The fourth-order valence-electron chi connectivity index (χ4n) is 2.71. The lowest BCUT2D eigenvalue weighted by Crippen LogP contribution is -2.29. The maximum Gasteiger partial charge on any atom is 0.238 e. The number of methoxy groups -OCH3 is 1. The molecule has 1 amide bonds. The number of para-hydroxylation sites is 3. The molecule has 24 heavy (non-hydrogen) atoms. The zero-order valence-corrected chi connectivity index (χ0v) is 13.6. The Morgan fingerprint density at radius 1 is 1.12 bits per heavy atom. The largest absolute Gasteiger partial charge is 0.495 e. The number of fused-ring (bicyclic) bond motifs is 1. The SMILES string of the molecule is COc1ccccc1NC(=O)CNCCc1c[nH]c2ccccc12. The van der Waals surface area contributed by atoms with Crippen molar-refractivity contribution >= 4 is 22.5 Å². The van der Waals surface area contributed by atoms with E-state index in [4.69, 9.17) is 4.74 Å². The Labute approximate surface area is 141 Å². The third kappa shape index (κ3) is 3.75. The zero-order valence-electron chi connectivity index (χ0n) is 13.6. The van der Waals surface area contributed by atoms with E-state index >= 15 is 0 Å². The van der Waals surface area contributed by atoms with Gasteiger partial charge in [-0.1, -0.05) is 30.3 Å². The van der Waals surface area contributed by atoms with Gasteiger partial charge in [-0.3, -0.25) is 4.79 Å². The highest BCUT2D eigenvalue weighted by atomic mass is 16.5. The zero-order chi connectivity index (χ0) is 16.8. The van der Waals surface area contributed by atoms with Gasteiger partial charge < -0.3 is 20.4 Å². The van der Waals surface area contributed by atoms with Gasteiger partial charge in [0.15, 0.2) is 0 Å². The van der Waals surface area contributed by atoms with Gasteiger partial charge in [-0.15, -0.1) is 0 Å². The lowest BCUT2D eigenvalue weighted by Gasteiger charge is -2.10. The van der Waals surface area contributed by atoms with Crippen LogP contribution in [0, 0.1) is 0 Å². The van der Waals surface area contributed by atoms with E-state index in [0.29, 0.717) is 11.4 Å². The van der Waals surface area contributed by atoms with Gasteiger partial charge in [0.2, 0.25) is 5.91 Å². The second-order valence-corrected chi connectivity index (χ2v) is 5.53. The molecule has 0 saturated heterocycles. The highest BCUT2D eigenvalue weighted by molar-refractivity contribution is 5.93. The molecule has 3 aromatic rings. The summed E-state index contributed by atoms with van der Waals surface area (Å²) >= 11 is 0. The summed E-state index contributed by atoms with van der Waals surface area (Å²) in [6.45, 7) is 1.00. The summed E-state index contributed by atoms with van der Waals surface area (Å²) in [5.41, 5.74) is 3.08. The molecular weight excluding hydrogens is 302 g/mol. The van der Waals surface area contributed by atoms with Gasteiger partial charge in [-0.05, 0) is 36.7 Å². The monoisotopic (exact) mass is 323 g/mol. The van der Waals surface area contributed by atoms with Crippen molar-refractivity contribution in [2.45, 2.75) is 6.42 Å². The predicted octanol–water partition coefficient (Wildman–Crippen LogP) is 2.95. The average Bonchev–Trinajstić information content (AvgIpc) is 3.02. The molecule has 3 N–H and O–H groups in total. The molecule has 0 aliphatic rings. The van der Waals surface area contributed by atoms with E-state index in [1.165, 1.54) is 10.9 Å². The van der Waals surface area contributed by atoms with Gasteiger partial charge >= 0.3 is 0 Å². The van der Waals surface area contributed by atoms with Gasteiger partial charge in [0.05, 0.1) is 19.3 Å². The summed E-state index contributed by atoms with van der Waals surface area (Å²) in [5, 5.41) is 7.27. The molecule has 1 aromatic heterocycles. The van der Waals surface area contributed by atoms with Crippen molar-refractivity contribution in [2.75, 3.05) is 25.5 Å². The van der Waals surface area contributed by atoms with Gasteiger partial charge in [0.25, 0.3) is 0 Å². The summed E-state index contributed by atoms with van der Waals surface area (Å²) in [4.78, 5) is 15.3. The number of H-pyrrole nitrogens is 1. The molecule has 0 atom stereocenters. The first-order valence-electron chi connectivity index (χ1n) is 7.96. The van der Waals surface area contributed by atoms with Crippen molar-refractivity contribution in [1.29, 1.82) is 0 Å². The van der Waals surface area contributed by atoms with Crippen LogP contribution in [0.1, 0.15) is 5.56 Å². The molecule has 0 bridgehead atoms. The molecule has 2 aromatic carbocycles. The number of amides is 1. The summed E-state index contributed by atoms with van der Waals surface area (Å²) in [5.74, 6) is 0.572. The molecule has 0 radical (unpaired) electrons. The third-order valence-corrected chi connectivity index (χ3v) is 3.91. The average molecular weight is 323 g/mol. The minimum Gasteiger partial charge on any atom is -0.495 e. The molecular formula is C19H21N3O2. The molecule has 0 saturated carbocycles. The van der Waals surface area contributed by atoms with Crippen LogP contribution in [0.2, 0.25) is 0 Å². The topological polar surface area (TPSA) is 66.2 Å². The van der Waals surface area contributed by atoms with Crippen molar-refractivity contribution in [2.24, 2.45) is 0 Å². The molecule has 124 valence electrons. The van der Waals surface area contributed by atoms with Gasteiger partial charge in [-0.2, -0.15) is 0 Å².